The van der Waals surface area contributed by atoms with E-state index in [1.54, 1.807) is 29.0 Å². The molecule has 0 saturated carbocycles. The molecule has 0 radical (unpaired) electrons. The van der Waals surface area contributed by atoms with Crippen LogP contribution < -0.4 is 14.4 Å². The fraction of sp³-hybridized carbons (Fsp3) is 0.208. The van der Waals surface area contributed by atoms with Gasteiger partial charge in [0.15, 0.2) is 28.5 Å². The molecule has 2 aromatic heterocycles. The maximum absolute atomic E-state index is 12.7. The number of benzene rings is 2. The molecule has 35 heavy (non-hydrogen) atoms. The number of ether oxygens (including phenoxy) is 2. The van der Waals surface area contributed by atoms with Gasteiger partial charge in [-0.2, -0.15) is 4.68 Å². The van der Waals surface area contributed by atoms with Crippen LogP contribution in [0.25, 0.3) is 22.9 Å². The summed E-state index contributed by atoms with van der Waals surface area (Å²) in [6.07, 6.45) is 4.90. The highest BCUT2D eigenvalue weighted by Gasteiger charge is 2.24. The molecule has 1 amide bonds. The predicted molar refractivity (Wildman–Crippen MR) is 130 cm³/mol. The number of aromatic nitrogens is 5. The SMILES string of the molecule is O=C(C=Cc1ccc2c(c1)OCO2)N1CCN(c2ncnc3c2nnn3-c2ccc(Cl)cc2)CC1. The summed E-state index contributed by atoms with van der Waals surface area (Å²) in [4.78, 5) is 25.5. The number of hydrogen-bond donors (Lipinski definition) is 0. The molecule has 10 nitrogen and oxygen atoms in total. The van der Waals surface area contributed by atoms with Crippen molar-refractivity contribution in [2.45, 2.75) is 0 Å². The Hall–Kier alpha value is -4.18. The van der Waals surface area contributed by atoms with Crippen LogP contribution in [0.1, 0.15) is 5.56 Å². The number of carbonyl (C=O) groups excluding carboxylic acids is 1. The minimum atomic E-state index is -0.0381. The fourth-order valence-electron chi connectivity index (χ4n) is 4.15. The molecule has 2 aliphatic rings. The van der Waals surface area contributed by atoms with Crippen molar-refractivity contribution in [3.63, 3.8) is 0 Å². The first-order valence-corrected chi connectivity index (χ1v) is 11.5. The second-order valence-corrected chi connectivity index (χ2v) is 8.54. The van der Waals surface area contributed by atoms with E-state index in [0.717, 1.165) is 17.0 Å². The Morgan fingerprint density at radius 3 is 2.60 bits per heavy atom. The van der Waals surface area contributed by atoms with E-state index in [4.69, 9.17) is 21.1 Å². The predicted octanol–water partition coefficient (Wildman–Crippen LogP) is 2.95. The molecule has 0 atom stereocenters. The smallest absolute Gasteiger partial charge is 0.246 e. The first kappa shape index (κ1) is 21.4. The van der Waals surface area contributed by atoms with Crippen LogP contribution in [0, 0.1) is 0 Å². The summed E-state index contributed by atoms with van der Waals surface area (Å²) in [6, 6.07) is 12.9. The molecule has 0 N–H and O–H groups in total. The van der Waals surface area contributed by atoms with Crippen LogP contribution in [0.15, 0.2) is 54.9 Å². The van der Waals surface area contributed by atoms with Gasteiger partial charge in [0.25, 0.3) is 0 Å². The van der Waals surface area contributed by atoms with E-state index in [1.807, 2.05) is 35.2 Å². The van der Waals surface area contributed by atoms with E-state index in [0.29, 0.717) is 53.9 Å². The first-order chi connectivity index (χ1) is 17.2. The molecule has 11 heteroatoms. The topological polar surface area (TPSA) is 98.5 Å². The van der Waals surface area contributed by atoms with Crippen molar-refractivity contribution in [3.05, 3.63) is 65.5 Å². The van der Waals surface area contributed by atoms with Gasteiger partial charge in [-0.05, 0) is 48.0 Å². The van der Waals surface area contributed by atoms with Crippen LogP contribution in [0.4, 0.5) is 5.82 Å². The Kier molecular flexibility index (Phi) is 5.42. The van der Waals surface area contributed by atoms with Crippen LogP contribution in [-0.4, -0.2) is 68.7 Å². The zero-order valence-electron chi connectivity index (χ0n) is 18.5. The Balaban J connectivity index is 1.14. The number of hydrogen-bond acceptors (Lipinski definition) is 8. The highest BCUT2D eigenvalue weighted by atomic mass is 35.5. The van der Waals surface area contributed by atoms with Gasteiger partial charge in [0.05, 0.1) is 5.69 Å². The number of nitrogens with zero attached hydrogens (tertiary/aromatic N) is 7. The van der Waals surface area contributed by atoms with Gasteiger partial charge >= 0.3 is 0 Å². The molecule has 2 aromatic carbocycles. The standard InChI is InChI=1S/C24H20ClN7O3/c25-17-3-5-18(6-4-17)32-24-22(28-29-32)23(26-14-27-24)31-11-9-30(10-12-31)21(33)8-2-16-1-7-19-20(13-16)35-15-34-19/h1-8,13-14H,9-12,15H2. The normalized spacial score (nSPS) is 15.3. The van der Waals surface area contributed by atoms with E-state index < -0.39 is 0 Å². The number of carbonyl (C=O) groups is 1. The minimum absolute atomic E-state index is 0.0381. The number of halogens is 1. The zero-order valence-corrected chi connectivity index (χ0v) is 19.3. The second kappa shape index (κ2) is 8.88. The lowest BCUT2D eigenvalue weighted by molar-refractivity contribution is -0.126. The van der Waals surface area contributed by atoms with Crippen molar-refractivity contribution in [2.24, 2.45) is 0 Å². The number of anilines is 1. The van der Waals surface area contributed by atoms with Gasteiger partial charge in [0, 0.05) is 37.3 Å². The van der Waals surface area contributed by atoms with Crippen molar-refractivity contribution in [1.29, 1.82) is 0 Å². The average molecular weight is 490 g/mol. The first-order valence-electron chi connectivity index (χ1n) is 11.1. The highest BCUT2D eigenvalue weighted by Crippen LogP contribution is 2.32. The molecule has 4 aromatic rings. The van der Waals surface area contributed by atoms with E-state index in [2.05, 4.69) is 25.2 Å². The van der Waals surface area contributed by atoms with Crippen molar-refractivity contribution in [1.82, 2.24) is 29.9 Å². The van der Waals surface area contributed by atoms with E-state index in [9.17, 15) is 4.79 Å². The minimum Gasteiger partial charge on any atom is -0.454 e. The van der Waals surface area contributed by atoms with Gasteiger partial charge in [-0.25, -0.2) is 9.97 Å². The largest absolute Gasteiger partial charge is 0.454 e. The molecule has 0 aliphatic carbocycles. The van der Waals surface area contributed by atoms with Crippen LogP contribution in [0.3, 0.4) is 0 Å². The Morgan fingerprint density at radius 1 is 0.971 bits per heavy atom. The maximum atomic E-state index is 12.7. The number of amides is 1. The molecular weight excluding hydrogens is 470 g/mol. The van der Waals surface area contributed by atoms with E-state index in [-0.39, 0.29) is 12.7 Å². The van der Waals surface area contributed by atoms with Gasteiger partial charge in [-0.3, -0.25) is 4.79 Å². The molecular formula is C24H20ClN7O3. The van der Waals surface area contributed by atoms with Crippen molar-refractivity contribution >= 4 is 40.6 Å². The monoisotopic (exact) mass is 489 g/mol. The van der Waals surface area contributed by atoms with Gasteiger partial charge < -0.3 is 19.3 Å². The molecule has 1 fully saturated rings. The van der Waals surface area contributed by atoms with Crippen molar-refractivity contribution in [3.8, 4) is 17.2 Å². The third-order valence-corrected chi connectivity index (χ3v) is 6.25. The van der Waals surface area contributed by atoms with Gasteiger partial charge in [0.1, 0.15) is 6.33 Å². The van der Waals surface area contributed by atoms with Gasteiger partial charge in [0.2, 0.25) is 12.7 Å². The van der Waals surface area contributed by atoms with Crippen molar-refractivity contribution in [2.75, 3.05) is 37.9 Å². The molecule has 1 saturated heterocycles. The summed E-state index contributed by atoms with van der Waals surface area (Å²) >= 11 is 6.00. The van der Waals surface area contributed by atoms with Gasteiger partial charge in [-0.1, -0.05) is 22.9 Å². The van der Waals surface area contributed by atoms with Crippen LogP contribution >= 0.6 is 11.6 Å². The third-order valence-electron chi connectivity index (χ3n) is 6.00. The summed E-state index contributed by atoms with van der Waals surface area (Å²) in [5.74, 6) is 2.08. The van der Waals surface area contributed by atoms with Crippen LogP contribution in [0.5, 0.6) is 11.5 Å². The third kappa shape index (κ3) is 4.12. The molecule has 176 valence electrons. The molecule has 0 unspecified atom stereocenters. The molecule has 0 spiro atoms. The highest BCUT2D eigenvalue weighted by molar-refractivity contribution is 6.30. The Labute approximate surface area is 205 Å². The summed E-state index contributed by atoms with van der Waals surface area (Å²) in [5, 5.41) is 9.25. The fourth-order valence-corrected chi connectivity index (χ4v) is 4.28. The van der Waals surface area contributed by atoms with Crippen LogP contribution in [-0.2, 0) is 4.79 Å². The molecule has 6 rings (SSSR count). The quantitative estimate of drug-likeness (QED) is 0.403. The summed E-state index contributed by atoms with van der Waals surface area (Å²) < 4.78 is 12.4. The van der Waals surface area contributed by atoms with Gasteiger partial charge in [-0.15, -0.1) is 5.10 Å². The molecule has 0 bridgehead atoms. The molecule has 4 heterocycles. The lowest BCUT2D eigenvalue weighted by Crippen LogP contribution is -2.48. The summed E-state index contributed by atoms with van der Waals surface area (Å²) in [5.41, 5.74) is 2.92. The van der Waals surface area contributed by atoms with Crippen LogP contribution in [0.2, 0.25) is 5.02 Å². The summed E-state index contributed by atoms with van der Waals surface area (Å²) in [6.45, 7) is 2.62. The maximum Gasteiger partial charge on any atom is 0.246 e. The summed E-state index contributed by atoms with van der Waals surface area (Å²) in [7, 11) is 0. The number of piperazine rings is 1. The van der Waals surface area contributed by atoms with Crippen molar-refractivity contribution < 1.29 is 14.3 Å². The Morgan fingerprint density at radius 2 is 1.77 bits per heavy atom. The zero-order chi connectivity index (χ0) is 23.8. The second-order valence-electron chi connectivity index (χ2n) is 8.11. The lowest BCUT2D eigenvalue weighted by atomic mass is 10.2. The average Bonchev–Trinajstić information content (AvgIpc) is 3.55. The Bertz CT molecular complexity index is 1430. The van der Waals surface area contributed by atoms with E-state index >= 15 is 0 Å². The number of fused-ring (bicyclic) bond motifs is 2. The molecule has 2 aliphatic heterocycles. The van der Waals surface area contributed by atoms with E-state index in [1.165, 1.54) is 6.33 Å². The number of rotatable bonds is 4. The lowest BCUT2D eigenvalue weighted by Gasteiger charge is -2.34.